The minimum Gasteiger partial charge on any atom is -0.330 e. The minimum atomic E-state index is 0.680. The molecule has 0 aliphatic heterocycles. The van der Waals surface area contributed by atoms with Crippen LogP contribution in [0.1, 0.15) is 0 Å². The quantitative estimate of drug-likeness (QED) is 0.487. The van der Waals surface area contributed by atoms with E-state index in [1.54, 1.807) is 6.20 Å². The summed E-state index contributed by atoms with van der Waals surface area (Å²) in [6, 6.07) is 14.3. The molecule has 0 saturated carbocycles. The highest BCUT2D eigenvalue weighted by Crippen LogP contribution is 2.27. The van der Waals surface area contributed by atoms with Gasteiger partial charge in [0.2, 0.25) is 0 Å². The summed E-state index contributed by atoms with van der Waals surface area (Å²) in [6.07, 6.45) is 3.68. The second-order valence-corrected chi connectivity index (χ2v) is 6.10. The SMILES string of the molecule is S=c1[nH]c2cc(Br)ccc2n1-c1cccc2ccncc12. The lowest BCUT2D eigenvalue weighted by Crippen LogP contribution is -1.95. The summed E-state index contributed by atoms with van der Waals surface area (Å²) in [7, 11) is 0. The molecule has 0 fully saturated rings. The van der Waals surface area contributed by atoms with Gasteiger partial charge >= 0.3 is 0 Å². The number of nitrogens with zero attached hydrogens (tertiary/aromatic N) is 2. The van der Waals surface area contributed by atoms with E-state index in [2.05, 4.69) is 48.7 Å². The number of rotatable bonds is 1. The zero-order chi connectivity index (χ0) is 14.4. The van der Waals surface area contributed by atoms with Gasteiger partial charge in [-0.3, -0.25) is 9.55 Å². The van der Waals surface area contributed by atoms with E-state index >= 15 is 0 Å². The fourth-order valence-corrected chi connectivity index (χ4v) is 3.28. The van der Waals surface area contributed by atoms with Gasteiger partial charge in [0, 0.05) is 22.3 Å². The van der Waals surface area contributed by atoms with Gasteiger partial charge in [-0.2, -0.15) is 0 Å². The Bertz CT molecular complexity index is 1030. The monoisotopic (exact) mass is 355 g/mol. The molecule has 0 radical (unpaired) electrons. The smallest absolute Gasteiger partial charge is 0.182 e. The lowest BCUT2D eigenvalue weighted by molar-refractivity contribution is 1.07. The van der Waals surface area contributed by atoms with Crippen LogP contribution in [0.2, 0.25) is 0 Å². The fourth-order valence-electron chi connectivity index (χ4n) is 2.62. The molecule has 2 aromatic carbocycles. The van der Waals surface area contributed by atoms with Crippen LogP contribution in [0.25, 0.3) is 27.5 Å². The molecule has 2 aromatic heterocycles. The Labute approximate surface area is 134 Å². The van der Waals surface area contributed by atoms with Crippen LogP contribution in [0.15, 0.2) is 59.3 Å². The lowest BCUT2D eigenvalue weighted by atomic mass is 10.1. The summed E-state index contributed by atoms with van der Waals surface area (Å²) in [4.78, 5) is 7.50. The van der Waals surface area contributed by atoms with Crippen LogP contribution in [0.4, 0.5) is 0 Å². The second kappa shape index (κ2) is 4.79. The Hall–Kier alpha value is -1.98. The van der Waals surface area contributed by atoms with Crippen molar-refractivity contribution in [1.29, 1.82) is 0 Å². The van der Waals surface area contributed by atoms with E-state index in [4.69, 9.17) is 12.2 Å². The van der Waals surface area contributed by atoms with Crippen molar-refractivity contribution in [3.05, 3.63) is 64.1 Å². The number of hydrogen-bond acceptors (Lipinski definition) is 2. The third-order valence-electron chi connectivity index (χ3n) is 3.55. The summed E-state index contributed by atoms with van der Waals surface area (Å²) >= 11 is 9.00. The molecule has 4 aromatic rings. The Kier molecular flexibility index (Phi) is 2.90. The number of halogens is 1. The molecule has 0 atom stereocenters. The number of imidazole rings is 1. The number of aromatic nitrogens is 3. The van der Waals surface area contributed by atoms with Gasteiger partial charge in [-0.05, 0) is 47.9 Å². The molecule has 0 spiro atoms. The van der Waals surface area contributed by atoms with Gasteiger partial charge in [-0.1, -0.05) is 28.1 Å². The summed E-state index contributed by atoms with van der Waals surface area (Å²) in [6.45, 7) is 0. The molecule has 3 nitrogen and oxygen atoms in total. The van der Waals surface area contributed by atoms with Gasteiger partial charge in [0.15, 0.2) is 4.77 Å². The van der Waals surface area contributed by atoms with Crippen molar-refractivity contribution in [2.45, 2.75) is 0 Å². The van der Waals surface area contributed by atoms with E-state index in [1.807, 2.05) is 30.5 Å². The van der Waals surface area contributed by atoms with E-state index < -0.39 is 0 Å². The van der Waals surface area contributed by atoms with Crippen molar-refractivity contribution >= 4 is 50.0 Å². The van der Waals surface area contributed by atoms with Crippen molar-refractivity contribution in [2.24, 2.45) is 0 Å². The molecule has 0 bridgehead atoms. The third kappa shape index (κ3) is 2.01. The lowest BCUT2D eigenvalue weighted by Gasteiger charge is -2.08. The summed E-state index contributed by atoms with van der Waals surface area (Å²) < 4.78 is 3.76. The maximum atomic E-state index is 5.51. The van der Waals surface area contributed by atoms with Crippen molar-refractivity contribution in [3.63, 3.8) is 0 Å². The fraction of sp³-hybridized carbons (Fsp3) is 0. The van der Waals surface area contributed by atoms with Gasteiger partial charge in [0.1, 0.15) is 0 Å². The molecular weight excluding hydrogens is 346 g/mol. The summed E-state index contributed by atoms with van der Waals surface area (Å²) in [5, 5.41) is 2.23. The first-order valence-electron chi connectivity index (χ1n) is 6.47. The van der Waals surface area contributed by atoms with Gasteiger partial charge in [0.25, 0.3) is 0 Å². The number of fused-ring (bicyclic) bond motifs is 2. The first-order chi connectivity index (χ1) is 10.2. The normalized spacial score (nSPS) is 11.3. The molecule has 2 heterocycles. The van der Waals surface area contributed by atoms with Crippen LogP contribution in [0.3, 0.4) is 0 Å². The molecule has 0 saturated heterocycles. The van der Waals surface area contributed by atoms with Gasteiger partial charge in [-0.15, -0.1) is 0 Å². The highest BCUT2D eigenvalue weighted by molar-refractivity contribution is 9.10. The zero-order valence-electron chi connectivity index (χ0n) is 10.9. The highest BCUT2D eigenvalue weighted by atomic mass is 79.9. The van der Waals surface area contributed by atoms with E-state index in [-0.39, 0.29) is 0 Å². The van der Waals surface area contributed by atoms with Crippen LogP contribution in [-0.2, 0) is 0 Å². The second-order valence-electron chi connectivity index (χ2n) is 4.80. The Morgan fingerprint density at radius 3 is 2.95 bits per heavy atom. The molecule has 0 unspecified atom stereocenters. The van der Waals surface area contributed by atoms with Crippen LogP contribution in [-0.4, -0.2) is 14.5 Å². The number of nitrogens with one attached hydrogen (secondary N) is 1. The Morgan fingerprint density at radius 1 is 1.14 bits per heavy atom. The number of pyridine rings is 1. The van der Waals surface area contributed by atoms with Crippen LogP contribution < -0.4 is 0 Å². The van der Waals surface area contributed by atoms with Crippen molar-refractivity contribution < 1.29 is 0 Å². The molecule has 21 heavy (non-hydrogen) atoms. The Balaban J connectivity index is 2.14. The third-order valence-corrected chi connectivity index (χ3v) is 4.32. The average Bonchev–Trinajstić information content (AvgIpc) is 2.81. The predicted molar refractivity (Wildman–Crippen MR) is 91.5 cm³/mol. The Morgan fingerprint density at radius 2 is 2.05 bits per heavy atom. The highest BCUT2D eigenvalue weighted by Gasteiger charge is 2.09. The largest absolute Gasteiger partial charge is 0.330 e. The summed E-state index contributed by atoms with van der Waals surface area (Å²) in [5.74, 6) is 0. The molecule has 0 aliphatic rings. The van der Waals surface area contributed by atoms with E-state index in [9.17, 15) is 0 Å². The maximum Gasteiger partial charge on any atom is 0.182 e. The van der Waals surface area contributed by atoms with Gasteiger partial charge in [0.05, 0.1) is 16.7 Å². The first-order valence-corrected chi connectivity index (χ1v) is 7.67. The molecule has 102 valence electrons. The number of H-pyrrole nitrogens is 1. The van der Waals surface area contributed by atoms with Crippen molar-refractivity contribution in [2.75, 3.05) is 0 Å². The molecule has 0 amide bonds. The van der Waals surface area contributed by atoms with Gasteiger partial charge in [-0.25, -0.2) is 0 Å². The maximum absolute atomic E-state index is 5.51. The van der Waals surface area contributed by atoms with E-state index in [0.717, 1.165) is 32.0 Å². The molecule has 1 N–H and O–H groups in total. The van der Waals surface area contributed by atoms with Crippen molar-refractivity contribution in [1.82, 2.24) is 14.5 Å². The molecule has 4 rings (SSSR count). The topological polar surface area (TPSA) is 33.6 Å². The molecule has 0 aliphatic carbocycles. The number of benzene rings is 2. The summed E-state index contributed by atoms with van der Waals surface area (Å²) in [5.41, 5.74) is 3.11. The average molecular weight is 356 g/mol. The number of hydrogen-bond donors (Lipinski definition) is 1. The minimum absolute atomic E-state index is 0.680. The van der Waals surface area contributed by atoms with E-state index in [0.29, 0.717) is 4.77 Å². The standard InChI is InChI=1S/C16H10BrN3S/c17-11-4-5-15-13(8-11)19-16(21)20(15)14-3-1-2-10-6-7-18-9-12(10)14/h1-9H,(H,19,21). The zero-order valence-corrected chi connectivity index (χ0v) is 13.3. The van der Waals surface area contributed by atoms with Crippen LogP contribution in [0, 0.1) is 4.77 Å². The first kappa shape index (κ1) is 12.7. The number of aromatic amines is 1. The van der Waals surface area contributed by atoms with E-state index in [1.165, 1.54) is 0 Å². The molecular formula is C16H10BrN3S. The van der Waals surface area contributed by atoms with Crippen LogP contribution >= 0.6 is 28.1 Å². The van der Waals surface area contributed by atoms with Crippen molar-refractivity contribution in [3.8, 4) is 5.69 Å². The van der Waals surface area contributed by atoms with Crippen LogP contribution in [0.5, 0.6) is 0 Å². The predicted octanol–water partition coefficient (Wildman–Crippen LogP) is 5.00. The molecule has 5 heteroatoms. The van der Waals surface area contributed by atoms with Gasteiger partial charge < -0.3 is 4.98 Å².